The van der Waals surface area contributed by atoms with Crippen molar-refractivity contribution in [3.05, 3.63) is 59.0 Å². The summed E-state index contributed by atoms with van der Waals surface area (Å²) in [6, 6.07) is 13.2. The summed E-state index contributed by atoms with van der Waals surface area (Å²) in [6.45, 7) is 9.97. The Balaban J connectivity index is 1.26. The van der Waals surface area contributed by atoms with Crippen molar-refractivity contribution in [3.8, 4) is 0 Å². The van der Waals surface area contributed by atoms with Gasteiger partial charge in [0.15, 0.2) is 0 Å². The van der Waals surface area contributed by atoms with Crippen LogP contribution in [0.25, 0.3) is 0 Å². The van der Waals surface area contributed by atoms with Crippen molar-refractivity contribution >= 4 is 0 Å². The van der Waals surface area contributed by atoms with Crippen molar-refractivity contribution in [2.75, 3.05) is 19.7 Å². The highest BCUT2D eigenvalue weighted by Gasteiger charge is 2.36. The lowest BCUT2D eigenvalue weighted by Gasteiger charge is -2.31. The molecule has 26 heavy (non-hydrogen) atoms. The van der Waals surface area contributed by atoms with Crippen molar-refractivity contribution in [3.63, 3.8) is 0 Å². The van der Waals surface area contributed by atoms with Gasteiger partial charge in [0, 0.05) is 32.1 Å². The third kappa shape index (κ3) is 4.56. The van der Waals surface area contributed by atoms with Crippen LogP contribution in [-0.4, -0.2) is 30.7 Å². The maximum absolute atomic E-state index is 5.97. The number of ether oxygens (including phenoxy) is 1. The van der Waals surface area contributed by atoms with Crippen LogP contribution in [0.2, 0.25) is 0 Å². The summed E-state index contributed by atoms with van der Waals surface area (Å²) >= 11 is 0. The predicted octanol–water partition coefficient (Wildman–Crippen LogP) is 3.91. The maximum atomic E-state index is 5.97. The van der Waals surface area contributed by atoms with Crippen molar-refractivity contribution in [2.24, 2.45) is 5.92 Å². The van der Waals surface area contributed by atoms with Gasteiger partial charge in [-0.3, -0.25) is 4.90 Å². The third-order valence-corrected chi connectivity index (χ3v) is 5.51. The molecule has 2 aliphatic rings. The predicted molar refractivity (Wildman–Crippen MR) is 103 cm³/mol. The van der Waals surface area contributed by atoms with Gasteiger partial charge in [0.05, 0.1) is 19.3 Å². The molecule has 1 saturated heterocycles. The Morgan fingerprint density at radius 3 is 2.77 bits per heavy atom. The summed E-state index contributed by atoms with van der Waals surface area (Å²) in [6.07, 6.45) is 1.61. The van der Waals surface area contributed by atoms with Gasteiger partial charge in [0.25, 0.3) is 0 Å². The average molecular weight is 354 g/mol. The number of hydrogen-bond acceptors (Lipinski definition) is 4. The van der Waals surface area contributed by atoms with E-state index in [-0.39, 0.29) is 0 Å². The highest BCUT2D eigenvalue weighted by atomic mass is 16.5. The molecule has 2 fully saturated rings. The maximum Gasteiger partial charge on any atom is 0.117 e. The highest BCUT2D eigenvalue weighted by molar-refractivity contribution is 5.23. The van der Waals surface area contributed by atoms with Crippen molar-refractivity contribution in [1.82, 2.24) is 10.2 Å². The van der Waals surface area contributed by atoms with E-state index in [1.807, 2.05) is 0 Å². The smallest absolute Gasteiger partial charge is 0.117 e. The second-order valence-corrected chi connectivity index (χ2v) is 7.96. The monoisotopic (exact) mass is 354 g/mol. The van der Waals surface area contributed by atoms with E-state index in [1.54, 1.807) is 0 Å². The molecular formula is C22H30N2O2. The van der Waals surface area contributed by atoms with Crippen LogP contribution in [0.15, 0.2) is 40.8 Å². The van der Waals surface area contributed by atoms with Gasteiger partial charge in [-0.15, -0.1) is 0 Å². The van der Waals surface area contributed by atoms with Gasteiger partial charge in [-0.25, -0.2) is 0 Å². The van der Waals surface area contributed by atoms with Gasteiger partial charge in [-0.05, 0) is 42.5 Å². The first kappa shape index (κ1) is 17.8. The SMILES string of the molecule is CC1CN(Cc2cccc(CNCc3ccc(C4CC4C)o3)c2)CCO1. The topological polar surface area (TPSA) is 37.6 Å². The van der Waals surface area contributed by atoms with Crippen LogP contribution in [0.3, 0.4) is 0 Å². The fraction of sp³-hybridized carbons (Fsp3) is 0.545. The molecule has 1 aliphatic heterocycles. The summed E-state index contributed by atoms with van der Waals surface area (Å²) in [5.74, 6) is 3.65. The summed E-state index contributed by atoms with van der Waals surface area (Å²) < 4.78 is 11.6. The van der Waals surface area contributed by atoms with Gasteiger partial charge < -0.3 is 14.5 Å². The summed E-state index contributed by atoms with van der Waals surface area (Å²) in [7, 11) is 0. The third-order valence-electron chi connectivity index (χ3n) is 5.51. The minimum atomic E-state index is 0.338. The Labute approximate surface area is 156 Å². The molecule has 1 aromatic heterocycles. The van der Waals surface area contributed by atoms with E-state index in [4.69, 9.17) is 9.15 Å². The Kier molecular flexibility index (Phi) is 5.44. The second-order valence-electron chi connectivity index (χ2n) is 7.96. The first-order valence-corrected chi connectivity index (χ1v) is 9.88. The first-order valence-electron chi connectivity index (χ1n) is 9.88. The molecule has 0 amide bonds. The summed E-state index contributed by atoms with van der Waals surface area (Å²) in [5, 5.41) is 3.51. The molecule has 0 spiro atoms. The van der Waals surface area contributed by atoms with Crippen LogP contribution in [-0.2, 0) is 24.4 Å². The van der Waals surface area contributed by atoms with Crippen molar-refractivity contribution in [2.45, 2.75) is 51.9 Å². The lowest BCUT2D eigenvalue weighted by atomic mass is 10.1. The number of nitrogens with zero attached hydrogens (tertiary/aromatic N) is 1. The second kappa shape index (κ2) is 7.95. The van der Waals surface area contributed by atoms with Gasteiger partial charge >= 0.3 is 0 Å². The number of furan rings is 1. The Morgan fingerprint density at radius 1 is 1.12 bits per heavy atom. The van der Waals surface area contributed by atoms with E-state index in [1.165, 1.54) is 17.5 Å². The molecule has 1 aromatic carbocycles. The quantitative estimate of drug-likeness (QED) is 0.818. The van der Waals surface area contributed by atoms with E-state index in [0.717, 1.165) is 56.8 Å². The molecule has 3 atom stereocenters. The molecule has 3 unspecified atom stereocenters. The van der Waals surface area contributed by atoms with Crippen LogP contribution in [0.1, 0.15) is 48.8 Å². The van der Waals surface area contributed by atoms with E-state index in [2.05, 4.69) is 60.5 Å². The Bertz CT molecular complexity index is 726. The molecule has 0 bridgehead atoms. The molecule has 4 heteroatoms. The summed E-state index contributed by atoms with van der Waals surface area (Å²) in [5.41, 5.74) is 2.70. The average Bonchev–Trinajstić information content (AvgIpc) is 3.16. The summed E-state index contributed by atoms with van der Waals surface area (Å²) in [4.78, 5) is 2.48. The number of benzene rings is 1. The fourth-order valence-corrected chi connectivity index (χ4v) is 3.87. The van der Waals surface area contributed by atoms with Gasteiger partial charge in [0.2, 0.25) is 0 Å². The number of nitrogens with one attached hydrogen (secondary N) is 1. The fourth-order valence-electron chi connectivity index (χ4n) is 3.87. The number of hydrogen-bond donors (Lipinski definition) is 1. The number of rotatable bonds is 7. The molecule has 4 rings (SSSR count). The minimum absolute atomic E-state index is 0.338. The lowest BCUT2D eigenvalue weighted by Crippen LogP contribution is -2.40. The molecule has 1 aliphatic carbocycles. The van der Waals surface area contributed by atoms with Gasteiger partial charge in [-0.2, -0.15) is 0 Å². The normalized spacial score (nSPS) is 26.2. The van der Waals surface area contributed by atoms with Crippen LogP contribution in [0, 0.1) is 5.92 Å². The van der Waals surface area contributed by atoms with Crippen LogP contribution >= 0.6 is 0 Å². The van der Waals surface area contributed by atoms with Gasteiger partial charge in [-0.1, -0.05) is 31.2 Å². The molecule has 1 saturated carbocycles. The van der Waals surface area contributed by atoms with E-state index in [9.17, 15) is 0 Å². The molecule has 2 aromatic rings. The molecule has 140 valence electrons. The van der Waals surface area contributed by atoms with E-state index >= 15 is 0 Å². The van der Waals surface area contributed by atoms with E-state index in [0.29, 0.717) is 12.0 Å². The zero-order valence-corrected chi connectivity index (χ0v) is 15.9. The largest absolute Gasteiger partial charge is 0.464 e. The standard InChI is InChI=1S/C22H30N2O2/c1-16-10-21(16)22-7-6-20(26-22)13-23-12-18-4-3-5-19(11-18)15-24-8-9-25-17(2)14-24/h3-7,11,16-17,21,23H,8-10,12-15H2,1-2H3. The van der Waals surface area contributed by atoms with E-state index < -0.39 is 0 Å². The van der Waals surface area contributed by atoms with Crippen LogP contribution in [0.5, 0.6) is 0 Å². The Hall–Kier alpha value is -1.62. The zero-order valence-electron chi connectivity index (χ0n) is 15.9. The number of morpholine rings is 1. The highest BCUT2D eigenvalue weighted by Crippen LogP contribution is 2.47. The molecule has 1 N–H and O–H groups in total. The minimum Gasteiger partial charge on any atom is -0.464 e. The van der Waals surface area contributed by atoms with Crippen LogP contribution in [0.4, 0.5) is 0 Å². The van der Waals surface area contributed by atoms with Crippen molar-refractivity contribution in [1.29, 1.82) is 0 Å². The van der Waals surface area contributed by atoms with Crippen LogP contribution < -0.4 is 5.32 Å². The molecule has 0 radical (unpaired) electrons. The molecule has 4 nitrogen and oxygen atoms in total. The molecular weight excluding hydrogens is 324 g/mol. The van der Waals surface area contributed by atoms with Gasteiger partial charge in [0.1, 0.15) is 11.5 Å². The first-order chi connectivity index (χ1) is 12.7. The molecule has 2 heterocycles. The lowest BCUT2D eigenvalue weighted by molar-refractivity contribution is -0.0212. The van der Waals surface area contributed by atoms with Crippen molar-refractivity contribution < 1.29 is 9.15 Å². The Morgan fingerprint density at radius 2 is 1.96 bits per heavy atom. The zero-order chi connectivity index (χ0) is 17.9.